The van der Waals surface area contributed by atoms with Crippen LogP contribution in [0.4, 0.5) is 0 Å². The summed E-state index contributed by atoms with van der Waals surface area (Å²) in [5, 5.41) is 3.64. The molecule has 0 aromatic rings. The summed E-state index contributed by atoms with van der Waals surface area (Å²) in [6, 6.07) is 0.568. The third-order valence-corrected chi connectivity index (χ3v) is 3.72. The minimum atomic E-state index is 0.568. The molecule has 0 aromatic carbocycles. The maximum Gasteiger partial charge on any atom is 0.0615 e. The lowest BCUT2D eigenvalue weighted by atomic mass is 9.87. The molecular formula is C14H29NO. The van der Waals surface area contributed by atoms with E-state index in [0.29, 0.717) is 6.04 Å². The van der Waals surface area contributed by atoms with Gasteiger partial charge in [0, 0.05) is 13.2 Å². The molecule has 1 aliphatic rings. The highest BCUT2D eigenvalue weighted by atomic mass is 16.5. The zero-order valence-electron chi connectivity index (χ0n) is 11.1. The molecule has 1 unspecified atom stereocenters. The number of nitrogens with one attached hydrogen (secondary N) is 1. The molecule has 2 heteroatoms. The quantitative estimate of drug-likeness (QED) is 0.686. The van der Waals surface area contributed by atoms with Crippen molar-refractivity contribution in [2.24, 2.45) is 5.92 Å². The van der Waals surface area contributed by atoms with Gasteiger partial charge in [-0.25, -0.2) is 0 Å². The van der Waals surface area contributed by atoms with E-state index in [9.17, 15) is 0 Å². The molecule has 1 N–H and O–H groups in total. The van der Waals surface area contributed by atoms with Gasteiger partial charge in [0.15, 0.2) is 0 Å². The first-order valence-corrected chi connectivity index (χ1v) is 7.09. The van der Waals surface area contributed by atoms with Crippen LogP contribution in [0.3, 0.4) is 0 Å². The van der Waals surface area contributed by atoms with Gasteiger partial charge in [-0.1, -0.05) is 45.4 Å². The molecule has 0 radical (unpaired) electrons. The van der Waals surface area contributed by atoms with Gasteiger partial charge in [0.25, 0.3) is 0 Å². The second-order valence-corrected chi connectivity index (χ2v) is 5.19. The van der Waals surface area contributed by atoms with Crippen molar-refractivity contribution in [1.29, 1.82) is 0 Å². The van der Waals surface area contributed by atoms with Gasteiger partial charge in [-0.3, -0.25) is 0 Å². The summed E-state index contributed by atoms with van der Waals surface area (Å²) >= 11 is 0. The first-order chi connectivity index (χ1) is 7.86. The Bertz CT molecular complexity index is 149. The summed E-state index contributed by atoms with van der Waals surface area (Å²) in [6.45, 7) is 4.28. The van der Waals surface area contributed by atoms with Crippen LogP contribution in [0.25, 0.3) is 0 Å². The van der Waals surface area contributed by atoms with Gasteiger partial charge in [-0.05, 0) is 25.3 Å². The second kappa shape index (κ2) is 9.00. The monoisotopic (exact) mass is 227 g/mol. The van der Waals surface area contributed by atoms with Crippen molar-refractivity contribution < 1.29 is 4.74 Å². The first kappa shape index (κ1) is 14.0. The molecule has 96 valence electrons. The van der Waals surface area contributed by atoms with Gasteiger partial charge in [-0.2, -0.15) is 0 Å². The Labute approximate surface area is 101 Å². The van der Waals surface area contributed by atoms with Crippen molar-refractivity contribution in [3.8, 4) is 0 Å². The third kappa shape index (κ3) is 5.86. The molecular weight excluding hydrogens is 198 g/mol. The first-order valence-electron chi connectivity index (χ1n) is 7.09. The van der Waals surface area contributed by atoms with E-state index in [1.165, 1.54) is 57.9 Å². The number of hydrogen-bond acceptors (Lipinski definition) is 2. The van der Waals surface area contributed by atoms with Crippen LogP contribution in [0, 0.1) is 5.92 Å². The van der Waals surface area contributed by atoms with Crippen LogP contribution in [0.2, 0.25) is 0 Å². The number of rotatable bonds is 8. The maximum absolute atomic E-state index is 5.24. The molecule has 0 bridgehead atoms. The standard InChI is InChI=1S/C14H29NO/c1-3-7-14(12-16-2)15-11-10-13-8-5-4-6-9-13/h13-15H,3-12H2,1-2H3. The van der Waals surface area contributed by atoms with Crippen LogP contribution >= 0.6 is 0 Å². The Morgan fingerprint density at radius 1 is 1.25 bits per heavy atom. The SMILES string of the molecule is CCCC(COC)NCCC1CCCCC1. The predicted molar refractivity (Wildman–Crippen MR) is 69.8 cm³/mol. The average molecular weight is 227 g/mol. The molecule has 2 nitrogen and oxygen atoms in total. The Morgan fingerprint density at radius 2 is 2.00 bits per heavy atom. The van der Waals surface area contributed by atoms with Gasteiger partial charge in [0.05, 0.1) is 6.61 Å². The summed E-state index contributed by atoms with van der Waals surface area (Å²) in [4.78, 5) is 0. The van der Waals surface area contributed by atoms with Crippen molar-refractivity contribution in [2.45, 2.75) is 64.3 Å². The van der Waals surface area contributed by atoms with Crippen LogP contribution < -0.4 is 5.32 Å². The second-order valence-electron chi connectivity index (χ2n) is 5.19. The maximum atomic E-state index is 5.24. The number of methoxy groups -OCH3 is 1. The van der Waals surface area contributed by atoms with Crippen molar-refractivity contribution in [3.63, 3.8) is 0 Å². The lowest BCUT2D eigenvalue weighted by molar-refractivity contribution is 0.160. The molecule has 0 spiro atoms. The Balaban J connectivity index is 2.06. The molecule has 1 rings (SSSR count). The fraction of sp³-hybridized carbons (Fsp3) is 1.00. The molecule has 1 atom stereocenters. The molecule has 0 saturated heterocycles. The third-order valence-electron chi connectivity index (χ3n) is 3.72. The minimum absolute atomic E-state index is 0.568. The summed E-state index contributed by atoms with van der Waals surface area (Å²) in [5.74, 6) is 0.992. The normalized spacial score (nSPS) is 19.9. The topological polar surface area (TPSA) is 21.3 Å². The fourth-order valence-corrected chi connectivity index (χ4v) is 2.76. The summed E-state index contributed by atoms with van der Waals surface area (Å²) < 4.78 is 5.24. The highest BCUT2D eigenvalue weighted by molar-refractivity contribution is 4.70. The van der Waals surface area contributed by atoms with Crippen LogP contribution in [0.15, 0.2) is 0 Å². The molecule has 16 heavy (non-hydrogen) atoms. The van der Waals surface area contributed by atoms with Crippen LogP contribution in [-0.4, -0.2) is 26.3 Å². The van der Waals surface area contributed by atoms with E-state index in [0.717, 1.165) is 12.5 Å². The molecule has 0 aromatic heterocycles. The largest absolute Gasteiger partial charge is 0.383 e. The predicted octanol–water partition coefficient (Wildman–Crippen LogP) is 3.36. The van der Waals surface area contributed by atoms with Crippen LogP contribution in [0.1, 0.15) is 58.3 Å². The molecule has 1 saturated carbocycles. The molecule has 0 amide bonds. The van der Waals surface area contributed by atoms with E-state index in [-0.39, 0.29) is 0 Å². The molecule has 0 aliphatic heterocycles. The van der Waals surface area contributed by atoms with E-state index >= 15 is 0 Å². The smallest absolute Gasteiger partial charge is 0.0615 e. The van der Waals surface area contributed by atoms with E-state index in [4.69, 9.17) is 4.74 Å². The highest BCUT2D eigenvalue weighted by Gasteiger charge is 2.13. The van der Waals surface area contributed by atoms with Crippen molar-refractivity contribution >= 4 is 0 Å². The van der Waals surface area contributed by atoms with Gasteiger partial charge in [0.2, 0.25) is 0 Å². The van der Waals surface area contributed by atoms with E-state index in [1.807, 2.05) is 0 Å². The van der Waals surface area contributed by atoms with E-state index in [1.54, 1.807) is 7.11 Å². The zero-order valence-corrected chi connectivity index (χ0v) is 11.1. The van der Waals surface area contributed by atoms with E-state index < -0.39 is 0 Å². The Kier molecular flexibility index (Phi) is 7.87. The number of ether oxygens (including phenoxy) is 1. The van der Waals surface area contributed by atoms with Gasteiger partial charge < -0.3 is 10.1 Å². The van der Waals surface area contributed by atoms with Crippen molar-refractivity contribution in [2.75, 3.05) is 20.3 Å². The van der Waals surface area contributed by atoms with Crippen molar-refractivity contribution in [1.82, 2.24) is 5.32 Å². The van der Waals surface area contributed by atoms with Gasteiger partial charge in [-0.15, -0.1) is 0 Å². The Morgan fingerprint density at radius 3 is 2.62 bits per heavy atom. The zero-order chi connectivity index (χ0) is 11.6. The number of hydrogen-bond donors (Lipinski definition) is 1. The highest BCUT2D eigenvalue weighted by Crippen LogP contribution is 2.25. The molecule has 1 fully saturated rings. The van der Waals surface area contributed by atoms with Gasteiger partial charge in [0.1, 0.15) is 0 Å². The molecule has 1 aliphatic carbocycles. The Hall–Kier alpha value is -0.0800. The lowest BCUT2D eigenvalue weighted by Crippen LogP contribution is -2.34. The molecule has 0 heterocycles. The van der Waals surface area contributed by atoms with Crippen molar-refractivity contribution in [3.05, 3.63) is 0 Å². The fourth-order valence-electron chi connectivity index (χ4n) is 2.76. The summed E-state index contributed by atoms with van der Waals surface area (Å²) in [7, 11) is 1.80. The minimum Gasteiger partial charge on any atom is -0.383 e. The summed E-state index contributed by atoms with van der Waals surface area (Å²) in [6.07, 6.45) is 11.1. The van der Waals surface area contributed by atoms with Crippen LogP contribution in [-0.2, 0) is 4.74 Å². The van der Waals surface area contributed by atoms with Gasteiger partial charge >= 0.3 is 0 Å². The van der Waals surface area contributed by atoms with Crippen LogP contribution in [0.5, 0.6) is 0 Å². The average Bonchev–Trinajstić information content (AvgIpc) is 2.31. The summed E-state index contributed by atoms with van der Waals surface area (Å²) in [5.41, 5.74) is 0. The van der Waals surface area contributed by atoms with E-state index in [2.05, 4.69) is 12.2 Å². The lowest BCUT2D eigenvalue weighted by Gasteiger charge is -2.23.